The van der Waals surface area contributed by atoms with Gasteiger partial charge in [0.15, 0.2) is 11.5 Å². The van der Waals surface area contributed by atoms with Crippen molar-refractivity contribution in [1.29, 1.82) is 5.26 Å². The van der Waals surface area contributed by atoms with E-state index in [2.05, 4.69) is 5.32 Å². The van der Waals surface area contributed by atoms with Crippen molar-refractivity contribution in [1.82, 2.24) is 0 Å². The van der Waals surface area contributed by atoms with Gasteiger partial charge in [0, 0.05) is 11.8 Å². The number of anilines is 1. The van der Waals surface area contributed by atoms with E-state index in [1.54, 1.807) is 36.4 Å². The second kappa shape index (κ2) is 10.4. The molecule has 0 radical (unpaired) electrons. The average Bonchev–Trinajstić information content (AvgIpc) is 2.73. The van der Waals surface area contributed by atoms with E-state index in [4.69, 9.17) is 25.8 Å². The smallest absolute Gasteiger partial charge is 0.266 e. The van der Waals surface area contributed by atoms with Crippen molar-refractivity contribution in [3.05, 3.63) is 52.6 Å². The van der Waals surface area contributed by atoms with Gasteiger partial charge in [0.1, 0.15) is 17.4 Å². The largest absolute Gasteiger partial charge is 0.497 e. The summed E-state index contributed by atoms with van der Waals surface area (Å²) in [4.78, 5) is 12.5. The van der Waals surface area contributed by atoms with Crippen molar-refractivity contribution in [2.75, 3.05) is 19.5 Å². The molecule has 0 saturated heterocycles. The number of ether oxygens (including phenoxy) is 3. The lowest BCUT2D eigenvalue weighted by Crippen LogP contribution is -2.13. The van der Waals surface area contributed by atoms with Gasteiger partial charge in [-0.25, -0.2) is 0 Å². The summed E-state index contributed by atoms with van der Waals surface area (Å²) >= 11 is 6.35. The molecular formula is C22H23ClN2O4. The molecule has 0 aliphatic carbocycles. The molecule has 152 valence electrons. The minimum atomic E-state index is -0.546. The van der Waals surface area contributed by atoms with Gasteiger partial charge in [-0.15, -0.1) is 0 Å². The molecule has 0 aliphatic heterocycles. The fourth-order valence-corrected chi connectivity index (χ4v) is 2.70. The number of rotatable bonds is 8. The number of nitrogens with one attached hydrogen (secondary N) is 1. The van der Waals surface area contributed by atoms with E-state index in [9.17, 15) is 10.1 Å². The van der Waals surface area contributed by atoms with E-state index in [1.165, 1.54) is 20.3 Å². The molecule has 0 fully saturated rings. The molecule has 0 spiro atoms. The summed E-state index contributed by atoms with van der Waals surface area (Å²) in [5.41, 5.74) is 0.977. The van der Waals surface area contributed by atoms with Gasteiger partial charge in [-0.2, -0.15) is 5.26 Å². The first-order valence-corrected chi connectivity index (χ1v) is 9.41. The van der Waals surface area contributed by atoms with Crippen molar-refractivity contribution >= 4 is 29.3 Å². The Balaban J connectivity index is 2.30. The Morgan fingerprint density at radius 3 is 2.66 bits per heavy atom. The summed E-state index contributed by atoms with van der Waals surface area (Å²) in [6.45, 7) is 3.93. The van der Waals surface area contributed by atoms with Crippen molar-refractivity contribution in [3.8, 4) is 23.3 Å². The van der Waals surface area contributed by atoms with Crippen LogP contribution >= 0.6 is 11.6 Å². The van der Waals surface area contributed by atoms with Crippen LogP contribution in [0.1, 0.15) is 25.8 Å². The van der Waals surface area contributed by atoms with E-state index >= 15 is 0 Å². The maximum Gasteiger partial charge on any atom is 0.266 e. The predicted molar refractivity (Wildman–Crippen MR) is 114 cm³/mol. The maximum absolute atomic E-state index is 12.5. The quantitative estimate of drug-likeness (QED) is 0.481. The van der Waals surface area contributed by atoms with Crippen molar-refractivity contribution in [2.24, 2.45) is 0 Å². The van der Waals surface area contributed by atoms with E-state index in [0.717, 1.165) is 6.42 Å². The highest BCUT2D eigenvalue weighted by Crippen LogP contribution is 2.38. The molecule has 1 N–H and O–H groups in total. The predicted octanol–water partition coefficient (Wildman–Crippen LogP) is 5.08. The maximum atomic E-state index is 12.5. The van der Waals surface area contributed by atoms with Crippen LogP contribution in [0.3, 0.4) is 0 Å². The minimum absolute atomic E-state index is 0.0360. The van der Waals surface area contributed by atoms with Gasteiger partial charge < -0.3 is 19.5 Å². The van der Waals surface area contributed by atoms with Crippen LogP contribution in [0.2, 0.25) is 5.02 Å². The number of nitriles is 1. The molecule has 1 atom stereocenters. The summed E-state index contributed by atoms with van der Waals surface area (Å²) in [6.07, 6.45) is 2.22. The standard InChI is InChI=1S/C22H23ClN2O4/c1-5-14(2)29-21-19(23)10-15(11-20(21)28-4)9-16(13-24)22(26)25-17-7-6-8-18(12-17)27-3/h6-12,14H,5H2,1-4H3,(H,25,26). The van der Waals surface area contributed by atoms with Crippen LogP contribution in [0.4, 0.5) is 5.69 Å². The first kappa shape index (κ1) is 22.1. The molecule has 2 rings (SSSR count). The molecule has 0 heterocycles. The van der Waals surface area contributed by atoms with Gasteiger partial charge in [0.05, 0.1) is 25.3 Å². The Morgan fingerprint density at radius 1 is 1.28 bits per heavy atom. The van der Waals surface area contributed by atoms with Gasteiger partial charge in [0.2, 0.25) is 0 Å². The van der Waals surface area contributed by atoms with Crippen LogP contribution in [0.15, 0.2) is 42.0 Å². The first-order valence-electron chi connectivity index (χ1n) is 9.03. The van der Waals surface area contributed by atoms with E-state index in [1.807, 2.05) is 19.9 Å². The molecule has 0 aliphatic rings. The lowest BCUT2D eigenvalue weighted by molar-refractivity contribution is -0.112. The summed E-state index contributed by atoms with van der Waals surface area (Å²) in [5.74, 6) is 0.907. The molecule has 2 aromatic carbocycles. The Hall–Kier alpha value is -3.17. The number of hydrogen-bond donors (Lipinski definition) is 1. The second-order valence-electron chi connectivity index (χ2n) is 6.23. The second-order valence-corrected chi connectivity index (χ2v) is 6.63. The van der Waals surface area contributed by atoms with Gasteiger partial charge in [-0.3, -0.25) is 4.79 Å². The monoisotopic (exact) mass is 414 g/mol. The highest BCUT2D eigenvalue weighted by molar-refractivity contribution is 6.32. The van der Waals surface area contributed by atoms with Gasteiger partial charge >= 0.3 is 0 Å². The SMILES string of the molecule is CCC(C)Oc1c(Cl)cc(C=C(C#N)C(=O)Nc2cccc(OC)c2)cc1OC. The molecule has 0 aromatic heterocycles. The zero-order valence-electron chi connectivity index (χ0n) is 16.8. The number of methoxy groups -OCH3 is 2. The van der Waals surface area contributed by atoms with E-state index in [-0.39, 0.29) is 11.7 Å². The molecular weight excluding hydrogens is 392 g/mol. The van der Waals surface area contributed by atoms with E-state index < -0.39 is 5.91 Å². The Labute approximate surface area is 175 Å². The highest BCUT2D eigenvalue weighted by atomic mass is 35.5. The van der Waals surface area contributed by atoms with Crippen molar-refractivity contribution in [3.63, 3.8) is 0 Å². The Morgan fingerprint density at radius 2 is 2.03 bits per heavy atom. The van der Waals surface area contributed by atoms with E-state index in [0.29, 0.717) is 33.5 Å². The third-order valence-corrected chi connectivity index (χ3v) is 4.43. The van der Waals surface area contributed by atoms with Crippen molar-refractivity contribution in [2.45, 2.75) is 26.4 Å². The summed E-state index contributed by atoms with van der Waals surface area (Å²) in [7, 11) is 3.04. The normalized spacial score (nSPS) is 11.9. The number of hydrogen-bond acceptors (Lipinski definition) is 5. The lowest BCUT2D eigenvalue weighted by Gasteiger charge is -2.17. The van der Waals surface area contributed by atoms with Gasteiger partial charge in [-0.1, -0.05) is 24.6 Å². The molecule has 1 amide bonds. The topological polar surface area (TPSA) is 80.6 Å². The molecule has 29 heavy (non-hydrogen) atoms. The molecule has 7 heteroatoms. The van der Waals surface area contributed by atoms with Crippen LogP contribution in [0.5, 0.6) is 17.2 Å². The third-order valence-electron chi connectivity index (χ3n) is 4.15. The van der Waals surface area contributed by atoms with Crippen molar-refractivity contribution < 1.29 is 19.0 Å². The number of benzene rings is 2. The van der Waals surface area contributed by atoms with Gasteiger partial charge in [0.25, 0.3) is 5.91 Å². The lowest BCUT2D eigenvalue weighted by atomic mass is 10.1. The van der Waals surface area contributed by atoms with Crippen LogP contribution in [0.25, 0.3) is 6.08 Å². The van der Waals surface area contributed by atoms with Crippen LogP contribution in [-0.4, -0.2) is 26.2 Å². The Bertz CT molecular complexity index is 950. The number of carbonyl (C=O) groups is 1. The van der Waals surface area contributed by atoms with Crippen LogP contribution < -0.4 is 19.5 Å². The number of halogens is 1. The zero-order chi connectivity index (χ0) is 21.4. The summed E-state index contributed by atoms with van der Waals surface area (Å²) in [6, 6.07) is 12.1. The summed E-state index contributed by atoms with van der Waals surface area (Å²) in [5, 5.41) is 12.5. The minimum Gasteiger partial charge on any atom is -0.497 e. The van der Waals surface area contributed by atoms with Gasteiger partial charge in [-0.05, 0) is 49.2 Å². The zero-order valence-corrected chi connectivity index (χ0v) is 17.5. The molecule has 1 unspecified atom stereocenters. The third kappa shape index (κ3) is 5.90. The fraction of sp³-hybridized carbons (Fsp3) is 0.273. The molecule has 2 aromatic rings. The summed E-state index contributed by atoms with van der Waals surface area (Å²) < 4.78 is 16.3. The average molecular weight is 415 g/mol. The fourth-order valence-electron chi connectivity index (χ4n) is 2.44. The van der Waals surface area contributed by atoms with Crippen LogP contribution in [-0.2, 0) is 4.79 Å². The molecule has 6 nitrogen and oxygen atoms in total. The molecule has 0 saturated carbocycles. The van der Waals surface area contributed by atoms with Crippen LogP contribution in [0, 0.1) is 11.3 Å². The number of amides is 1. The number of nitrogens with zero attached hydrogens (tertiary/aromatic N) is 1. The highest BCUT2D eigenvalue weighted by Gasteiger charge is 2.16. The Kier molecular flexibility index (Phi) is 7.93. The first-order chi connectivity index (χ1) is 13.9. The number of carbonyl (C=O) groups excluding carboxylic acids is 1. The molecule has 0 bridgehead atoms.